The average molecular weight is 212 g/mol. The quantitative estimate of drug-likeness (QED) is 0.820. The Morgan fingerprint density at radius 3 is 2.64 bits per heavy atom. The molecule has 0 radical (unpaired) electrons. The van der Waals surface area contributed by atoms with E-state index in [-0.39, 0.29) is 0 Å². The van der Waals surface area contributed by atoms with Crippen LogP contribution in [0.2, 0.25) is 0 Å². The van der Waals surface area contributed by atoms with Crippen LogP contribution >= 0.6 is 11.8 Å². The van der Waals surface area contributed by atoms with Crippen molar-refractivity contribution in [3.05, 3.63) is 23.7 Å². The molecule has 0 atom stereocenters. The molecule has 0 aromatic carbocycles. The fourth-order valence-corrected chi connectivity index (χ4v) is 2.58. The molecule has 1 aromatic heterocycles. The van der Waals surface area contributed by atoms with Gasteiger partial charge < -0.3 is 10.2 Å². The summed E-state index contributed by atoms with van der Waals surface area (Å²) in [6.45, 7) is 3.77. The largest absolute Gasteiger partial charge is 0.463 e. The van der Waals surface area contributed by atoms with Crippen LogP contribution in [0.15, 0.2) is 16.5 Å². The maximum absolute atomic E-state index is 5.56. The van der Waals surface area contributed by atoms with E-state index in [0.29, 0.717) is 6.54 Å². The van der Waals surface area contributed by atoms with E-state index in [1.807, 2.05) is 23.9 Å². The number of furan rings is 1. The Labute approximate surface area is 88.6 Å². The fourth-order valence-electron chi connectivity index (χ4n) is 1.60. The Morgan fingerprint density at radius 2 is 2.00 bits per heavy atom. The van der Waals surface area contributed by atoms with Gasteiger partial charge in [-0.2, -0.15) is 11.8 Å². The van der Waals surface area contributed by atoms with Crippen LogP contribution < -0.4 is 5.73 Å². The molecule has 2 heterocycles. The highest BCUT2D eigenvalue weighted by atomic mass is 32.2. The summed E-state index contributed by atoms with van der Waals surface area (Å²) in [6, 6.07) is 4.00. The minimum atomic E-state index is 0.496. The van der Waals surface area contributed by atoms with Crippen LogP contribution in [0.4, 0.5) is 0 Å². The lowest BCUT2D eigenvalue weighted by Crippen LogP contribution is -2.31. The van der Waals surface area contributed by atoms with Crippen LogP contribution in [0.25, 0.3) is 0 Å². The van der Waals surface area contributed by atoms with Crippen LogP contribution in [0.3, 0.4) is 0 Å². The van der Waals surface area contributed by atoms with Crippen molar-refractivity contribution in [2.45, 2.75) is 13.1 Å². The van der Waals surface area contributed by atoms with E-state index in [9.17, 15) is 0 Å². The zero-order chi connectivity index (χ0) is 9.80. The van der Waals surface area contributed by atoms with Crippen LogP contribution in [0.5, 0.6) is 0 Å². The van der Waals surface area contributed by atoms with E-state index < -0.39 is 0 Å². The van der Waals surface area contributed by atoms with E-state index in [1.165, 1.54) is 24.6 Å². The summed E-state index contributed by atoms with van der Waals surface area (Å²) in [5.41, 5.74) is 5.49. The fraction of sp³-hybridized carbons (Fsp3) is 0.600. The van der Waals surface area contributed by atoms with Crippen LogP contribution in [0.1, 0.15) is 11.5 Å². The SMILES string of the molecule is NCc1ccc(CN2CCSCC2)o1. The summed E-state index contributed by atoms with van der Waals surface area (Å²) >= 11 is 2.03. The van der Waals surface area contributed by atoms with Gasteiger partial charge in [0.15, 0.2) is 0 Å². The highest BCUT2D eigenvalue weighted by Crippen LogP contribution is 2.14. The molecule has 78 valence electrons. The molecule has 0 saturated carbocycles. The van der Waals surface area contributed by atoms with Gasteiger partial charge in [-0.05, 0) is 12.1 Å². The zero-order valence-electron chi connectivity index (χ0n) is 8.24. The minimum Gasteiger partial charge on any atom is -0.463 e. The first-order valence-electron chi connectivity index (χ1n) is 4.96. The van der Waals surface area contributed by atoms with Crippen molar-refractivity contribution < 1.29 is 4.42 Å². The van der Waals surface area contributed by atoms with Crippen molar-refractivity contribution in [3.63, 3.8) is 0 Å². The standard InChI is InChI=1S/C10H16N2OS/c11-7-9-1-2-10(13-9)8-12-3-5-14-6-4-12/h1-2H,3-8,11H2. The second-order valence-electron chi connectivity index (χ2n) is 3.46. The maximum Gasteiger partial charge on any atom is 0.118 e. The monoisotopic (exact) mass is 212 g/mol. The molecule has 0 unspecified atom stereocenters. The van der Waals surface area contributed by atoms with Gasteiger partial charge in [-0.3, -0.25) is 4.90 Å². The molecule has 0 bridgehead atoms. The predicted molar refractivity (Wildman–Crippen MR) is 59.2 cm³/mol. The third-order valence-corrected chi connectivity index (χ3v) is 3.34. The Balaban J connectivity index is 1.89. The van der Waals surface area contributed by atoms with Gasteiger partial charge in [0.1, 0.15) is 11.5 Å². The van der Waals surface area contributed by atoms with Gasteiger partial charge in [0.25, 0.3) is 0 Å². The Morgan fingerprint density at radius 1 is 1.29 bits per heavy atom. The highest BCUT2D eigenvalue weighted by molar-refractivity contribution is 7.99. The second-order valence-corrected chi connectivity index (χ2v) is 4.69. The van der Waals surface area contributed by atoms with E-state index in [2.05, 4.69) is 4.90 Å². The molecule has 14 heavy (non-hydrogen) atoms. The van der Waals surface area contributed by atoms with E-state index in [4.69, 9.17) is 10.2 Å². The summed E-state index contributed by atoms with van der Waals surface area (Å²) in [4.78, 5) is 2.43. The van der Waals surface area contributed by atoms with Gasteiger partial charge in [-0.25, -0.2) is 0 Å². The minimum absolute atomic E-state index is 0.496. The van der Waals surface area contributed by atoms with Crippen LogP contribution in [-0.4, -0.2) is 29.5 Å². The normalized spacial score (nSPS) is 18.6. The van der Waals surface area contributed by atoms with Gasteiger partial charge in [0.05, 0.1) is 13.1 Å². The van der Waals surface area contributed by atoms with Gasteiger partial charge >= 0.3 is 0 Å². The van der Waals surface area contributed by atoms with Crippen molar-refractivity contribution >= 4 is 11.8 Å². The Kier molecular flexibility index (Phi) is 3.50. The number of nitrogens with two attached hydrogens (primary N) is 1. The van der Waals surface area contributed by atoms with Crippen molar-refractivity contribution in [2.75, 3.05) is 24.6 Å². The maximum atomic E-state index is 5.56. The Hall–Kier alpha value is -0.450. The topological polar surface area (TPSA) is 42.4 Å². The lowest BCUT2D eigenvalue weighted by molar-refractivity contribution is 0.264. The third kappa shape index (κ3) is 2.53. The van der Waals surface area contributed by atoms with Gasteiger partial charge in [-0.15, -0.1) is 0 Å². The number of rotatable bonds is 3. The lowest BCUT2D eigenvalue weighted by atomic mass is 10.4. The smallest absolute Gasteiger partial charge is 0.118 e. The number of nitrogens with zero attached hydrogens (tertiary/aromatic N) is 1. The lowest BCUT2D eigenvalue weighted by Gasteiger charge is -2.24. The summed E-state index contributed by atoms with van der Waals surface area (Å²) in [6.07, 6.45) is 0. The highest BCUT2D eigenvalue weighted by Gasteiger charge is 2.12. The van der Waals surface area contributed by atoms with Crippen molar-refractivity contribution in [2.24, 2.45) is 5.73 Å². The molecular weight excluding hydrogens is 196 g/mol. The number of hydrogen-bond donors (Lipinski definition) is 1. The molecule has 1 fully saturated rings. The van der Waals surface area contributed by atoms with Crippen LogP contribution in [-0.2, 0) is 13.1 Å². The molecule has 1 aliphatic rings. The molecule has 1 aliphatic heterocycles. The number of thioether (sulfide) groups is 1. The van der Waals surface area contributed by atoms with E-state index in [1.54, 1.807) is 0 Å². The summed E-state index contributed by atoms with van der Waals surface area (Å²) in [5, 5.41) is 0. The summed E-state index contributed by atoms with van der Waals surface area (Å²) < 4.78 is 5.56. The molecule has 4 heteroatoms. The summed E-state index contributed by atoms with van der Waals surface area (Å²) in [7, 11) is 0. The van der Waals surface area contributed by atoms with Crippen molar-refractivity contribution in [1.29, 1.82) is 0 Å². The Bertz CT molecular complexity index is 281. The zero-order valence-corrected chi connectivity index (χ0v) is 9.05. The first kappa shape index (κ1) is 10.1. The molecule has 2 rings (SSSR count). The molecule has 0 amide bonds. The molecule has 0 spiro atoms. The molecule has 3 nitrogen and oxygen atoms in total. The molecule has 2 N–H and O–H groups in total. The summed E-state index contributed by atoms with van der Waals surface area (Å²) in [5.74, 6) is 4.40. The second kappa shape index (κ2) is 4.87. The van der Waals surface area contributed by atoms with E-state index in [0.717, 1.165) is 18.1 Å². The molecular formula is C10H16N2OS. The van der Waals surface area contributed by atoms with Gasteiger partial charge in [0.2, 0.25) is 0 Å². The third-order valence-electron chi connectivity index (χ3n) is 2.40. The molecule has 1 saturated heterocycles. The molecule has 1 aromatic rings. The molecule has 0 aliphatic carbocycles. The number of hydrogen-bond acceptors (Lipinski definition) is 4. The van der Waals surface area contributed by atoms with Gasteiger partial charge in [-0.1, -0.05) is 0 Å². The van der Waals surface area contributed by atoms with Gasteiger partial charge in [0, 0.05) is 24.6 Å². The van der Waals surface area contributed by atoms with Crippen molar-refractivity contribution in [1.82, 2.24) is 4.90 Å². The first-order chi connectivity index (χ1) is 6.88. The predicted octanol–water partition coefficient (Wildman–Crippen LogP) is 1.29. The van der Waals surface area contributed by atoms with Crippen LogP contribution in [0, 0.1) is 0 Å². The average Bonchev–Trinajstić information content (AvgIpc) is 2.67. The first-order valence-corrected chi connectivity index (χ1v) is 6.12. The van der Waals surface area contributed by atoms with Crippen molar-refractivity contribution in [3.8, 4) is 0 Å². The van der Waals surface area contributed by atoms with E-state index >= 15 is 0 Å².